The van der Waals surface area contributed by atoms with Gasteiger partial charge in [0.05, 0.1) is 6.54 Å². The van der Waals surface area contributed by atoms with Crippen molar-refractivity contribution in [2.45, 2.75) is 13.0 Å². The lowest BCUT2D eigenvalue weighted by molar-refractivity contribution is 0.0684. The lowest BCUT2D eigenvalue weighted by atomic mass is 10.2. The molecule has 0 aliphatic carbocycles. The Labute approximate surface area is 122 Å². The Morgan fingerprint density at radius 2 is 2.10 bits per heavy atom. The summed E-state index contributed by atoms with van der Waals surface area (Å²) in [4.78, 5) is 10.9. The average Bonchev–Trinajstić information content (AvgIpc) is 2.77. The fourth-order valence-electron chi connectivity index (χ4n) is 1.67. The van der Waals surface area contributed by atoms with Crippen molar-refractivity contribution in [1.29, 1.82) is 0 Å². The van der Waals surface area contributed by atoms with Gasteiger partial charge in [-0.05, 0) is 17.7 Å². The fourth-order valence-corrected chi connectivity index (χ4v) is 2.14. The highest BCUT2D eigenvalue weighted by molar-refractivity contribution is 6.35. The van der Waals surface area contributed by atoms with Gasteiger partial charge in [-0.15, -0.1) is 0 Å². The number of benzene rings is 1. The highest BCUT2D eigenvalue weighted by atomic mass is 35.5. The number of rotatable bonds is 4. The number of carboxylic acid groups (broad SMARTS) is 1. The molecule has 2 aromatic rings. The first-order valence-electron chi connectivity index (χ1n) is 5.41. The van der Waals surface area contributed by atoms with E-state index in [9.17, 15) is 13.6 Å². The van der Waals surface area contributed by atoms with E-state index in [1.807, 2.05) is 0 Å². The lowest BCUT2D eigenvalue weighted by Gasteiger charge is -2.04. The summed E-state index contributed by atoms with van der Waals surface area (Å²) in [5, 5.41) is 13.2. The predicted molar refractivity (Wildman–Crippen MR) is 69.7 cm³/mol. The summed E-state index contributed by atoms with van der Waals surface area (Å²) in [7, 11) is 0. The number of aromatic carboxylic acids is 1. The quantitative estimate of drug-likeness (QED) is 0.930. The SMILES string of the molecule is O=C(O)c1cn(Cc2ccc(Cl)cc2Cl)nc1C(F)F. The number of halogens is 4. The fraction of sp³-hybridized carbons (Fsp3) is 0.167. The first-order valence-corrected chi connectivity index (χ1v) is 6.17. The third-order valence-corrected chi connectivity index (χ3v) is 3.16. The molecule has 106 valence electrons. The maximum atomic E-state index is 12.7. The monoisotopic (exact) mass is 320 g/mol. The van der Waals surface area contributed by atoms with Crippen LogP contribution >= 0.6 is 23.2 Å². The third-order valence-electron chi connectivity index (χ3n) is 2.57. The summed E-state index contributed by atoms with van der Waals surface area (Å²) in [5.74, 6) is -1.45. The molecular weight excluding hydrogens is 313 g/mol. The van der Waals surface area contributed by atoms with Gasteiger partial charge < -0.3 is 5.11 Å². The van der Waals surface area contributed by atoms with Crippen LogP contribution in [0.25, 0.3) is 0 Å². The van der Waals surface area contributed by atoms with Crippen molar-refractivity contribution in [1.82, 2.24) is 9.78 Å². The molecule has 0 spiro atoms. The van der Waals surface area contributed by atoms with Gasteiger partial charge in [0.2, 0.25) is 0 Å². The van der Waals surface area contributed by atoms with E-state index in [1.165, 1.54) is 6.07 Å². The van der Waals surface area contributed by atoms with Crippen molar-refractivity contribution in [3.63, 3.8) is 0 Å². The summed E-state index contributed by atoms with van der Waals surface area (Å²) < 4.78 is 26.5. The average molecular weight is 321 g/mol. The molecule has 0 aliphatic rings. The summed E-state index contributed by atoms with van der Waals surface area (Å²) >= 11 is 11.7. The van der Waals surface area contributed by atoms with Crippen molar-refractivity contribution in [3.8, 4) is 0 Å². The molecule has 1 heterocycles. The van der Waals surface area contributed by atoms with Gasteiger partial charge in [-0.2, -0.15) is 5.10 Å². The zero-order valence-electron chi connectivity index (χ0n) is 9.86. The van der Waals surface area contributed by atoms with E-state index in [2.05, 4.69) is 5.10 Å². The van der Waals surface area contributed by atoms with Crippen LogP contribution in [-0.2, 0) is 6.54 Å². The van der Waals surface area contributed by atoms with Crippen LogP contribution in [0.4, 0.5) is 8.78 Å². The molecule has 0 radical (unpaired) electrons. The van der Waals surface area contributed by atoms with Crippen LogP contribution in [0, 0.1) is 0 Å². The van der Waals surface area contributed by atoms with Crippen molar-refractivity contribution in [3.05, 3.63) is 51.3 Å². The van der Waals surface area contributed by atoms with E-state index in [1.54, 1.807) is 12.1 Å². The van der Waals surface area contributed by atoms with E-state index >= 15 is 0 Å². The van der Waals surface area contributed by atoms with Gasteiger partial charge in [-0.1, -0.05) is 29.3 Å². The predicted octanol–water partition coefficient (Wildman–Crippen LogP) is 3.87. The highest BCUT2D eigenvalue weighted by Gasteiger charge is 2.23. The molecule has 2 rings (SSSR count). The van der Waals surface area contributed by atoms with E-state index < -0.39 is 23.7 Å². The number of alkyl halides is 2. The second-order valence-corrected chi connectivity index (χ2v) is 4.81. The smallest absolute Gasteiger partial charge is 0.339 e. The number of hydrogen-bond acceptors (Lipinski definition) is 2. The summed E-state index contributed by atoms with van der Waals surface area (Å²) in [5.41, 5.74) is -0.691. The van der Waals surface area contributed by atoms with Gasteiger partial charge in [-0.25, -0.2) is 13.6 Å². The summed E-state index contributed by atoms with van der Waals surface area (Å²) in [6.07, 6.45) is -1.91. The van der Waals surface area contributed by atoms with E-state index in [-0.39, 0.29) is 6.54 Å². The van der Waals surface area contributed by atoms with E-state index in [4.69, 9.17) is 28.3 Å². The second kappa shape index (κ2) is 5.76. The van der Waals surface area contributed by atoms with Crippen LogP contribution in [0.1, 0.15) is 28.0 Å². The minimum Gasteiger partial charge on any atom is -0.478 e. The van der Waals surface area contributed by atoms with Crippen molar-refractivity contribution >= 4 is 29.2 Å². The van der Waals surface area contributed by atoms with Crippen LogP contribution in [0.3, 0.4) is 0 Å². The Kier molecular flexibility index (Phi) is 4.25. The first kappa shape index (κ1) is 14.7. The van der Waals surface area contributed by atoms with Crippen molar-refractivity contribution < 1.29 is 18.7 Å². The Bertz CT molecular complexity index is 659. The molecular formula is C12H8Cl2F2N2O2. The zero-order valence-corrected chi connectivity index (χ0v) is 11.4. The second-order valence-electron chi connectivity index (χ2n) is 3.97. The van der Waals surface area contributed by atoms with Crippen LogP contribution in [0.15, 0.2) is 24.4 Å². The molecule has 0 amide bonds. The van der Waals surface area contributed by atoms with Crippen molar-refractivity contribution in [2.75, 3.05) is 0 Å². The van der Waals surface area contributed by atoms with E-state index in [0.29, 0.717) is 15.6 Å². The summed E-state index contributed by atoms with van der Waals surface area (Å²) in [6, 6.07) is 4.72. The largest absolute Gasteiger partial charge is 0.478 e. The number of carbonyl (C=O) groups is 1. The third kappa shape index (κ3) is 3.08. The van der Waals surface area contributed by atoms with Gasteiger partial charge in [-0.3, -0.25) is 4.68 Å². The Morgan fingerprint density at radius 3 is 2.60 bits per heavy atom. The molecule has 0 saturated carbocycles. The van der Waals surface area contributed by atoms with Crippen LogP contribution in [0.5, 0.6) is 0 Å². The number of nitrogens with zero attached hydrogens (tertiary/aromatic N) is 2. The Hall–Kier alpha value is -1.66. The van der Waals surface area contributed by atoms with Gasteiger partial charge in [0, 0.05) is 16.2 Å². The molecule has 0 saturated heterocycles. The zero-order chi connectivity index (χ0) is 14.9. The molecule has 0 aliphatic heterocycles. The lowest BCUT2D eigenvalue weighted by Crippen LogP contribution is -2.02. The van der Waals surface area contributed by atoms with Gasteiger partial charge in [0.1, 0.15) is 11.3 Å². The molecule has 4 nitrogen and oxygen atoms in total. The van der Waals surface area contributed by atoms with Gasteiger partial charge >= 0.3 is 5.97 Å². The van der Waals surface area contributed by atoms with Crippen LogP contribution in [0.2, 0.25) is 10.0 Å². The molecule has 0 fully saturated rings. The minimum absolute atomic E-state index is 0.0724. The first-order chi connectivity index (χ1) is 9.38. The topological polar surface area (TPSA) is 55.1 Å². The Morgan fingerprint density at radius 1 is 1.40 bits per heavy atom. The number of hydrogen-bond donors (Lipinski definition) is 1. The molecule has 1 aromatic carbocycles. The standard InChI is InChI=1S/C12H8Cl2F2N2O2/c13-7-2-1-6(9(14)3-7)4-18-5-8(12(19)20)10(17-18)11(15)16/h1-3,5,11H,4H2,(H,19,20). The molecule has 1 N–H and O–H groups in total. The molecule has 0 bridgehead atoms. The summed E-state index contributed by atoms with van der Waals surface area (Å²) in [6.45, 7) is 0.0724. The molecule has 8 heteroatoms. The van der Waals surface area contributed by atoms with Crippen LogP contribution in [-0.4, -0.2) is 20.9 Å². The highest BCUT2D eigenvalue weighted by Crippen LogP contribution is 2.24. The minimum atomic E-state index is -2.96. The maximum absolute atomic E-state index is 12.7. The molecule has 0 atom stereocenters. The normalized spacial score (nSPS) is 11.1. The maximum Gasteiger partial charge on any atom is 0.339 e. The van der Waals surface area contributed by atoms with Crippen molar-refractivity contribution in [2.24, 2.45) is 0 Å². The van der Waals surface area contributed by atoms with Gasteiger partial charge in [0.15, 0.2) is 0 Å². The molecule has 1 aromatic heterocycles. The van der Waals surface area contributed by atoms with E-state index in [0.717, 1.165) is 10.9 Å². The van der Waals surface area contributed by atoms with Gasteiger partial charge in [0.25, 0.3) is 6.43 Å². The number of aromatic nitrogens is 2. The molecule has 20 heavy (non-hydrogen) atoms. The molecule has 0 unspecified atom stereocenters. The number of carboxylic acids is 1. The Balaban J connectivity index is 2.34. The van der Waals surface area contributed by atoms with Crippen LogP contribution < -0.4 is 0 Å².